The molecule has 12 aromatic carbocycles. The number of fused-ring (bicyclic) bond motifs is 16. The molecule has 0 amide bonds. The Morgan fingerprint density at radius 3 is 1.44 bits per heavy atom. The van der Waals surface area contributed by atoms with Crippen LogP contribution in [0, 0.1) is 0 Å². The standard InChI is InChI=1S/C69H47NS/c1-69(2)64-29-15-12-27-57(64)58-39-37-48(41-65(58)69)70(66-30-16-13-20-49(66)46-34-32-45(33-35-46)44-18-4-3-5-19-44)47-36-38-56-60(40-47)54-25-10-8-23-52(54)50-21-6-7-22-51(50)53-24-9-11-26-55(53)61-42-63-59-28-14-17-31-67(59)71-68(63)43-62(56)61/h3-43H,1-2H3. The van der Waals surface area contributed by atoms with Gasteiger partial charge in [0.05, 0.1) is 5.69 Å². The number of thiophene rings is 1. The van der Waals surface area contributed by atoms with Crippen LogP contribution in [-0.4, -0.2) is 0 Å². The summed E-state index contributed by atoms with van der Waals surface area (Å²) in [5.74, 6) is 0. The van der Waals surface area contributed by atoms with Crippen molar-refractivity contribution in [2.45, 2.75) is 19.3 Å². The summed E-state index contributed by atoms with van der Waals surface area (Å²) >= 11 is 1.88. The van der Waals surface area contributed by atoms with Gasteiger partial charge in [0.1, 0.15) is 0 Å². The maximum absolute atomic E-state index is 2.51. The van der Waals surface area contributed by atoms with Crippen LogP contribution >= 0.6 is 11.3 Å². The first-order valence-corrected chi connectivity index (χ1v) is 25.5. The lowest BCUT2D eigenvalue weighted by atomic mass is 9.82. The molecular weight excluding hydrogens is 875 g/mol. The predicted molar refractivity (Wildman–Crippen MR) is 308 cm³/mol. The maximum atomic E-state index is 2.51. The summed E-state index contributed by atoms with van der Waals surface area (Å²) in [6.07, 6.45) is 0. The first-order valence-electron chi connectivity index (χ1n) is 24.7. The van der Waals surface area contributed by atoms with Crippen LogP contribution in [0.25, 0.3) is 107 Å². The molecule has 0 radical (unpaired) electrons. The maximum Gasteiger partial charge on any atom is 0.0540 e. The summed E-state index contributed by atoms with van der Waals surface area (Å²) in [5, 5.41) is 14.8. The van der Waals surface area contributed by atoms with Crippen LogP contribution in [0.5, 0.6) is 0 Å². The van der Waals surface area contributed by atoms with Crippen molar-refractivity contribution in [3.05, 3.63) is 260 Å². The Hall–Kier alpha value is -8.56. The number of anilines is 3. The average Bonchev–Trinajstić information content (AvgIpc) is 3.91. The van der Waals surface area contributed by atoms with Crippen LogP contribution in [0.1, 0.15) is 25.0 Å². The molecular formula is C69H47NS. The first kappa shape index (κ1) is 41.4. The van der Waals surface area contributed by atoms with Gasteiger partial charge in [-0.2, -0.15) is 0 Å². The molecule has 14 rings (SSSR count). The molecule has 334 valence electrons. The van der Waals surface area contributed by atoms with Gasteiger partial charge in [-0.25, -0.2) is 0 Å². The van der Waals surface area contributed by atoms with Crippen LogP contribution < -0.4 is 4.90 Å². The number of nitrogens with zero attached hydrogens (tertiary/aromatic N) is 1. The van der Waals surface area contributed by atoms with E-state index in [0.29, 0.717) is 0 Å². The second kappa shape index (κ2) is 16.3. The van der Waals surface area contributed by atoms with E-state index in [-0.39, 0.29) is 5.41 Å². The molecule has 13 aromatic rings. The van der Waals surface area contributed by atoms with Crippen molar-refractivity contribution in [3.8, 4) is 33.4 Å². The third kappa shape index (κ3) is 6.59. The lowest BCUT2D eigenvalue weighted by Gasteiger charge is -2.30. The Bertz CT molecular complexity index is 4370. The lowest BCUT2D eigenvalue weighted by molar-refractivity contribution is 0.660. The zero-order chi connectivity index (χ0) is 47.2. The SMILES string of the molecule is CC1(C)c2ccccc2-c2ccc(N(c3ccc4c(c3)c3ccccc3c3ccccc3c3ccccc3c3cc5c(cc43)sc3ccccc35)c3ccccc3-c3ccc(-c4ccccc4)cc3)cc21. The van der Waals surface area contributed by atoms with Crippen LogP contribution in [0.2, 0.25) is 0 Å². The summed E-state index contributed by atoms with van der Waals surface area (Å²) in [5.41, 5.74) is 13.2. The monoisotopic (exact) mass is 921 g/mol. The smallest absolute Gasteiger partial charge is 0.0540 e. The topological polar surface area (TPSA) is 3.24 Å². The van der Waals surface area contributed by atoms with Crippen LogP contribution in [0.4, 0.5) is 17.1 Å². The van der Waals surface area contributed by atoms with E-state index in [1.54, 1.807) is 0 Å². The van der Waals surface area contributed by atoms with Gasteiger partial charge < -0.3 is 4.90 Å². The molecule has 0 unspecified atom stereocenters. The van der Waals surface area contributed by atoms with Crippen LogP contribution in [0.15, 0.2) is 249 Å². The van der Waals surface area contributed by atoms with Gasteiger partial charge in [-0.1, -0.05) is 214 Å². The van der Waals surface area contributed by atoms with Gasteiger partial charge in [0.2, 0.25) is 0 Å². The van der Waals surface area contributed by atoms with Crippen molar-refractivity contribution < 1.29 is 0 Å². The molecule has 0 spiro atoms. The third-order valence-corrected chi connectivity index (χ3v) is 16.4. The molecule has 0 N–H and O–H groups in total. The molecule has 1 aromatic heterocycles. The lowest BCUT2D eigenvalue weighted by Crippen LogP contribution is -2.16. The Balaban J connectivity index is 1.10. The number of hydrogen-bond donors (Lipinski definition) is 0. The van der Waals surface area contributed by atoms with E-state index >= 15 is 0 Å². The Kier molecular flexibility index (Phi) is 9.49. The van der Waals surface area contributed by atoms with Gasteiger partial charge in [0.15, 0.2) is 0 Å². The highest BCUT2D eigenvalue weighted by Crippen LogP contribution is 2.52. The Morgan fingerprint density at radius 1 is 0.282 bits per heavy atom. The normalized spacial score (nSPS) is 12.8. The van der Waals surface area contributed by atoms with Crippen molar-refractivity contribution in [2.75, 3.05) is 4.90 Å². The van der Waals surface area contributed by atoms with Crippen LogP contribution in [-0.2, 0) is 5.41 Å². The largest absolute Gasteiger partial charge is 0.310 e. The highest BCUT2D eigenvalue weighted by molar-refractivity contribution is 7.25. The molecule has 2 heteroatoms. The summed E-state index contributed by atoms with van der Waals surface area (Å²) in [6, 6.07) is 93.0. The van der Waals surface area contributed by atoms with E-state index < -0.39 is 0 Å². The molecule has 0 bridgehead atoms. The second-order valence-corrected chi connectivity index (χ2v) is 20.6. The summed E-state index contributed by atoms with van der Waals surface area (Å²) in [7, 11) is 0. The minimum absolute atomic E-state index is 0.173. The van der Waals surface area contributed by atoms with Gasteiger partial charge in [-0.3, -0.25) is 0 Å². The molecule has 71 heavy (non-hydrogen) atoms. The van der Waals surface area contributed by atoms with Gasteiger partial charge in [0, 0.05) is 42.5 Å². The first-order chi connectivity index (χ1) is 35.0. The Morgan fingerprint density at radius 2 is 0.746 bits per heavy atom. The van der Waals surface area contributed by atoms with E-state index in [1.165, 1.54) is 119 Å². The molecule has 0 atom stereocenters. The number of hydrogen-bond acceptors (Lipinski definition) is 2. The Labute approximate surface area is 417 Å². The third-order valence-electron chi connectivity index (χ3n) is 15.3. The highest BCUT2D eigenvalue weighted by Gasteiger charge is 2.36. The molecule has 0 saturated heterocycles. The average molecular weight is 922 g/mol. The van der Waals surface area contributed by atoms with E-state index in [1.807, 2.05) is 11.3 Å². The molecule has 1 aliphatic carbocycles. The second-order valence-electron chi connectivity index (χ2n) is 19.6. The number of para-hydroxylation sites is 1. The quantitative estimate of drug-likeness (QED) is 0.166. The molecule has 1 nitrogen and oxygen atoms in total. The fraction of sp³-hybridized carbons (Fsp3) is 0.0435. The molecule has 0 aliphatic heterocycles. The van der Waals surface area contributed by atoms with Gasteiger partial charge >= 0.3 is 0 Å². The van der Waals surface area contributed by atoms with Gasteiger partial charge in [-0.15, -0.1) is 11.3 Å². The minimum Gasteiger partial charge on any atom is -0.310 e. The summed E-state index contributed by atoms with van der Waals surface area (Å²) in [6.45, 7) is 4.76. The molecule has 0 saturated carbocycles. The van der Waals surface area contributed by atoms with E-state index in [0.717, 1.165) is 17.1 Å². The van der Waals surface area contributed by atoms with Crippen molar-refractivity contribution in [1.82, 2.24) is 0 Å². The predicted octanol–water partition coefficient (Wildman–Crippen LogP) is 20.1. The van der Waals surface area contributed by atoms with E-state index in [9.17, 15) is 0 Å². The zero-order valence-corrected chi connectivity index (χ0v) is 40.3. The van der Waals surface area contributed by atoms with Crippen molar-refractivity contribution >= 4 is 102 Å². The van der Waals surface area contributed by atoms with Crippen molar-refractivity contribution in [2.24, 2.45) is 0 Å². The van der Waals surface area contributed by atoms with Crippen molar-refractivity contribution in [1.29, 1.82) is 0 Å². The summed E-state index contributed by atoms with van der Waals surface area (Å²) in [4.78, 5) is 2.51. The molecule has 0 fully saturated rings. The molecule has 1 heterocycles. The zero-order valence-electron chi connectivity index (χ0n) is 39.5. The van der Waals surface area contributed by atoms with Gasteiger partial charge in [-0.05, 0) is 141 Å². The fourth-order valence-corrected chi connectivity index (χ4v) is 13.0. The van der Waals surface area contributed by atoms with Crippen LogP contribution in [0.3, 0.4) is 0 Å². The number of rotatable bonds is 5. The fourth-order valence-electron chi connectivity index (χ4n) is 11.8. The molecule has 1 aliphatic rings. The van der Waals surface area contributed by atoms with E-state index in [4.69, 9.17) is 0 Å². The summed E-state index contributed by atoms with van der Waals surface area (Å²) < 4.78 is 2.60. The van der Waals surface area contributed by atoms with Crippen molar-refractivity contribution in [3.63, 3.8) is 0 Å². The number of benzene rings is 11. The van der Waals surface area contributed by atoms with E-state index in [2.05, 4.69) is 267 Å². The minimum atomic E-state index is -0.173. The van der Waals surface area contributed by atoms with Gasteiger partial charge in [0.25, 0.3) is 0 Å². The highest BCUT2D eigenvalue weighted by atomic mass is 32.1.